The Kier molecular flexibility index (Phi) is 3.12. The molecule has 1 N–H and O–H groups in total. The molecule has 0 saturated heterocycles. The van der Waals surface area contributed by atoms with Gasteiger partial charge in [-0.1, -0.05) is 12.1 Å². The third-order valence-electron chi connectivity index (χ3n) is 2.94. The Hall–Kier alpha value is -1.08. The van der Waals surface area contributed by atoms with E-state index in [0.717, 1.165) is 5.56 Å². The van der Waals surface area contributed by atoms with E-state index in [1.54, 1.807) is 6.08 Å². The smallest absolute Gasteiger partial charge is 0.0974 e. The zero-order valence-electron chi connectivity index (χ0n) is 9.39. The Morgan fingerprint density at radius 3 is 1.93 bits per heavy atom. The highest BCUT2D eigenvalue weighted by molar-refractivity contribution is 5.46. The Bertz CT molecular complexity index is 338. The van der Waals surface area contributed by atoms with Crippen LogP contribution in [-0.4, -0.2) is 5.11 Å². The quantitative estimate of drug-likeness (QED) is 0.710. The second-order valence-electron chi connectivity index (χ2n) is 3.85. The predicted octanol–water partition coefficient (Wildman–Crippen LogP) is 3.14. The summed E-state index contributed by atoms with van der Waals surface area (Å²) in [5.74, 6) is 0. The highest BCUT2D eigenvalue weighted by Gasteiger charge is 2.13. The van der Waals surface area contributed by atoms with E-state index in [0.29, 0.717) is 0 Å². The van der Waals surface area contributed by atoms with Crippen molar-refractivity contribution in [3.05, 3.63) is 46.5 Å². The summed E-state index contributed by atoms with van der Waals surface area (Å²) in [5.41, 5.74) is 5.80. The molecule has 1 atom stereocenters. The van der Waals surface area contributed by atoms with Crippen LogP contribution in [0, 0.1) is 27.7 Å². The Morgan fingerprint density at radius 2 is 1.57 bits per heavy atom. The monoisotopic (exact) mass is 190 g/mol. The van der Waals surface area contributed by atoms with Crippen LogP contribution in [0.15, 0.2) is 18.7 Å². The van der Waals surface area contributed by atoms with E-state index in [4.69, 9.17) is 0 Å². The maximum absolute atomic E-state index is 9.82. The van der Waals surface area contributed by atoms with Gasteiger partial charge in [-0.15, -0.1) is 6.58 Å². The first-order chi connectivity index (χ1) is 6.49. The summed E-state index contributed by atoms with van der Waals surface area (Å²) in [6.45, 7) is 11.9. The molecule has 1 unspecified atom stereocenters. The second kappa shape index (κ2) is 3.97. The van der Waals surface area contributed by atoms with Gasteiger partial charge in [0.25, 0.3) is 0 Å². The summed E-state index contributed by atoms with van der Waals surface area (Å²) in [6.07, 6.45) is 1.03. The van der Waals surface area contributed by atoms with Gasteiger partial charge in [0, 0.05) is 0 Å². The van der Waals surface area contributed by atoms with Gasteiger partial charge >= 0.3 is 0 Å². The maximum atomic E-state index is 9.82. The zero-order valence-corrected chi connectivity index (χ0v) is 9.39. The fourth-order valence-electron chi connectivity index (χ4n) is 1.81. The molecule has 14 heavy (non-hydrogen) atoms. The number of benzene rings is 1. The van der Waals surface area contributed by atoms with Gasteiger partial charge in [-0.2, -0.15) is 0 Å². The van der Waals surface area contributed by atoms with E-state index >= 15 is 0 Å². The van der Waals surface area contributed by atoms with Crippen LogP contribution in [0.1, 0.15) is 33.9 Å². The van der Waals surface area contributed by atoms with Crippen molar-refractivity contribution < 1.29 is 5.11 Å². The first-order valence-corrected chi connectivity index (χ1v) is 4.87. The predicted molar refractivity (Wildman–Crippen MR) is 60.5 cm³/mol. The van der Waals surface area contributed by atoms with Gasteiger partial charge in [-0.25, -0.2) is 0 Å². The molecule has 0 fully saturated rings. The van der Waals surface area contributed by atoms with Crippen LogP contribution < -0.4 is 0 Å². The summed E-state index contributed by atoms with van der Waals surface area (Å²) in [4.78, 5) is 0. The molecule has 0 aromatic heterocycles. The molecule has 0 spiro atoms. The van der Waals surface area contributed by atoms with Crippen molar-refractivity contribution in [3.63, 3.8) is 0 Å². The molecular formula is C13H18O. The number of aliphatic hydroxyl groups excluding tert-OH is 1. The Morgan fingerprint density at radius 1 is 1.14 bits per heavy atom. The fraction of sp³-hybridized carbons (Fsp3) is 0.385. The fourth-order valence-corrected chi connectivity index (χ4v) is 1.81. The van der Waals surface area contributed by atoms with Crippen LogP contribution in [-0.2, 0) is 0 Å². The average Bonchev–Trinajstić information content (AvgIpc) is 2.15. The molecule has 0 aliphatic heterocycles. The van der Waals surface area contributed by atoms with Crippen LogP contribution >= 0.6 is 0 Å². The van der Waals surface area contributed by atoms with Crippen molar-refractivity contribution in [2.45, 2.75) is 33.8 Å². The summed E-state index contributed by atoms with van der Waals surface area (Å²) in [5, 5.41) is 9.82. The highest BCUT2D eigenvalue weighted by atomic mass is 16.3. The molecule has 0 radical (unpaired) electrons. The highest BCUT2D eigenvalue weighted by Crippen LogP contribution is 2.27. The minimum Gasteiger partial charge on any atom is -0.384 e. The minimum atomic E-state index is -0.548. The van der Waals surface area contributed by atoms with Gasteiger partial charge in [0.05, 0.1) is 6.10 Å². The van der Waals surface area contributed by atoms with Crippen molar-refractivity contribution >= 4 is 0 Å². The molecule has 1 rings (SSSR count). The molecule has 0 bridgehead atoms. The summed E-state index contributed by atoms with van der Waals surface area (Å²) in [6, 6.07) is 2.16. The molecule has 0 amide bonds. The molecule has 1 nitrogen and oxygen atoms in total. The van der Waals surface area contributed by atoms with Gasteiger partial charge in [0.2, 0.25) is 0 Å². The van der Waals surface area contributed by atoms with Gasteiger partial charge in [0.15, 0.2) is 0 Å². The van der Waals surface area contributed by atoms with Crippen LogP contribution in [0.5, 0.6) is 0 Å². The first kappa shape index (κ1) is 11.0. The minimum absolute atomic E-state index is 0.548. The van der Waals surface area contributed by atoms with Crippen LogP contribution in [0.3, 0.4) is 0 Å². The summed E-state index contributed by atoms with van der Waals surface area (Å²) >= 11 is 0. The SMILES string of the molecule is C=CC(O)c1c(C)c(C)cc(C)c1C. The molecule has 0 aliphatic rings. The van der Waals surface area contributed by atoms with E-state index < -0.39 is 6.10 Å². The van der Waals surface area contributed by atoms with Crippen LogP contribution in [0.2, 0.25) is 0 Å². The van der Waals surface area contributed by atoms with E-state index in [1.807, 2.05) is 13.8 Å². The Labute approximate surface area is 86.1 Å². The summed E-state index contributed by atoms with van der Waals surface area (Å²) in [7, 11) is 0. The van der Waals surface area contributed by atoms with Crippen molar-refractivity contribution in [1.82, 2.24) is 0 Å². The maximum Gasteiger partial charge on any atom is 0.0974 e. The molecule has 0 heterocycles. The standard InChI is InChI=1S/C13H18O/c1-6-12(14)13-10(4)8(2)7-9(3)11(13)5/h6-7,12,14H,1H2,2-5H3. The molecule has 1 aromatic rings. The molecule has 0 aliphatic carbocycles. The van der Waals surface area contributed by atoms with Crippen molar-refractivity contribution in [2.75, 3.05) is 0 Å². The van der Waals surface area contributed by atoms with Crippen molar-refractivity contribution in [1.29, 1.82) is 0 Å². The first-order valence-electron chi connectivity index (χ1n) is 4.87. The number of aliphatic hydroxyl groups is 1. The lowest BCUT2D eigenvalue weighted by atomic mass is 9.91. The third-order valence-corrected chi connectivity index (χ3v) is 2.94. The molecule has 0 saturated carbocycles. The topological polar surface area (TPSA) is 20.2 Å². The molecule has 1 heteroatoms. The van der Waals surface area contributed by atoms with E-state index in [-0.39, 0.29) is 0 Å². The second-order valence-corrected chi connectivity index (χ2v) is 3.85. The largest absolute Gasteiger partial charge is 0.384 e. The number of rotatable bonds is 2. The number of hydrogen-bond acceptors (Lipinski definition) is 1. The summed E-state index contributed by atoms with van der Waals surface area (Å²) < 4.78 is 0. The van der Waals surface area contributed by atoms with Gasteiger partial charge in [0.1, 0.15) is 0 Å². The van der Waals surface area contributed by atoms with Gasteiger partial charge < -0.3 is 5.11 Å². The Balaban J connectivity index is 3.46. The lowest BCUT2D eigenvalue weighted by molar-refractivity contribution is 0.227. The number of aryl methyl sites for hydroxylation is 2. The van der Waals surface area contributed by atoms with Gasteiger partial charge in [-0.3, -0.25) is 0 Å². The van der Waals surface area contributed by atoms with Crippen LogP contribution in [0.4, 0.5) is 0 Å². The van der Waals surface area contributed by atoms with E-state index in [2.05, 4.69) is 26.5 Å². The average molecular weight is 190 g/mol. The number of hydrogen-bond donors (Lipinski definition) is 1. The lowest BCUT2D eigenvalue weighted by Gasteiger charge is -2.17. The lowest BCUT2D eigenvalue weighted by Crippen LogP contribution is -2.03. The molecule has 76 valence electrons. The third kappa shape index (κ3) is 1.73. The van der Waals surface area contributed by atoms with Crippen LogP contribution in [0.25, 0.3) is 0 Å². The molecular weight excluding hydrogens is 172 g/mol. The van der Waals surface area contributed by atoms with E-state index in [9.17, 15) is 5.11 Å². The van der Waals surface area contributed by atoms with Crippen molar-refractivity contribution in [2.24, 2.45) is 0 Å². The van der Waals surface area contributed by atoms with E-state index in [1.165, 1.54) is 22.3 Å². The molecule has 1 aromatic carbocycles. The van der Waals surface area contributed by atoms with Gasteiger partial charge in [-0.05, 0) is 55.5 Å². The zero-order chi connectivity index (χ0) is 10.9. The van der Waals surface area contributed by atoms with Crippen molar-refractivity contribution in [3.8, 4) is 0 Å². The normalized spacial score (nSPS) is 12.6.